The second-order valence-corrected chi connectivity index (χ2v) is 7.32. The van der Waals surface area contributed by atoms with Crippen LogP contribution in [0.15, 0.2) is 30.3 Å². The van der Waals surface area contributed by atoms with E-state index in [1.54, 1.807) is 12.1 Å². The Morgan fingerprint density at radius 3 is 2.58 bits per heavy atom. The molecule has 0 amide bonds. The van der Waals surface area contributed by atoms with Crippen LogP contribution in [0.3, 0.4) is 0 Å². The lowest BCUT2D eigenvalue weighted by molar-refractivity contribution is -0.0275. The summed E-state index contributed by atoms with van der Waals surface area (Å²) in [4.78, 5) is 15.0. The zero-order valence-electron chi connectivity index (χ0n) is 16.0. The number of ether oxygens (including phenoxy) is 1. The van der Waals surface area contributed by atoms with Crippen LogP contribution in [0.4, 0.5) is 4.39 Å². The molecule has 0 radical (unpaired) electrons. The van der Waals surface area contributed by atoms with E-state index < -0.39 is 0 Å². The summed E-state index contributed by atoms with van der Waals surface area (Å²) in [5, 5.41) is 0. The van der Waals surface area contributed by atoms with Gasteiger partial charge in [-0.1, -0.05) is 12.1 Å². The van der Waals surface area contributed by atoms with Gasteiger partial charge < -0.3 is 9.30 Å². The van der Waals surface area contributed by atoms with E-state index in [1.807, 2.05) is 19.9 Å². The first-order valence-electron chi connectivity index (χ1n) is 9.18. The van der Waals surface area contributed by atoms with Gasteiger partial charge in [0.15, 0.2) is 5.78 Å². The number of nitrogens with zero attached hydrogens (tertiary/aromatic N) is 2. The van der Waals surface area contributed by atoms with Crippen LogP contribution in [0.25, 0.3) is 0 Å². The topological polar surface area (TPSA) is 34.5 Å². The highest BCUT2D eigenvalue weighted by atomic mass is 19.1. The van der Waals surface area contributed by atoms with E-state index in [0.717, 1.165) is 29.1 Å². The Morgan fingerprint density at radius 2 is 1.96 bits per heavy atom. The molecule has 1 aliphatic heterocycles. The number of hydrogen-bond acceptors (Lipinski definition) is 3. The average molecular weight is 358 g/mol. The minimum atomic E-state index is -0.253. The lowest BCUT2D eigenvalue weighted by Crippen LogP contribution is -2.41. The predicted molar refractivity (Wildman–Crippen MR) is 100 cm³/mol. The Morgan fingerprint density at radius 1 is 1.27 bits per heavy atom. The smallest absolute Gasteiger partial charge is 0.178 e. The quantitative estimate of drug-likeness (QED) is 0.756. The number of benzene rings is 1. The van der Waals surface area contributed by atoms with Crippen molar-refractivity contribution in [1.29, 1.82) is 0 Å². The van der Waals surface area contributed by atoms with Crippen molar-refractivity contribution in [1.82, 2.24) is 9.47 Å². The molecule has 5 heteroatoms. The van der Waals surface area contributed by atoms with E-state index in [4.69, 9.17) is 4.74 Å². The molecule has 1 aromatic heterocycles. The van der Waals surface area contributed by atoms with Gasteiger partial charge in [0.05, 0.1) is 19.3 Å². The second kappa shape index (κ2) is 7.72. The second-order valence-electron chi connectivity index (χ2n) is 7.32. The Hall–Kier alpha value is -1.98. The number of ketones is 1. The zero-order valence-corrected chi connectivity index (χ0v) is 16.0. The first-order chi connectivity index (χ1) is 12.4. The summed E-state index contributed by atoms with van der Waals surface area (Å²) in [5.41, 5.74) is 3.90. The van der Waals surface area contributed by atoms with Gasteiger partial charge in [0.2, 0.25) is 0 Å². The molecule has 0 aliphatic carbocycles. The number of halogens is 1. The Kier molecular flexibility index (Phi) is 5.58. The number of aromatic nitrogens is 1. The highest BCUT2D eigenvalue weighted by Gasteiger charge is 2.25. The molecule has 2 heterocycles. The fraction of sp³-hybridized carbons (Fsp3) is 0.476. The van der Waals surface area contributed by atoms with Crippen molar-refractivity contribution in [3.63, 3.8) is 0 Å². The van der Waals surface area contributed by atoms with Crippen LogP contribution in [-0.4, -0.2) is 41.5 Å². The molecule has 1 fully saturated rings. The summed E-state index contributed by atoms with van der Waals surface area (Å²) in [6, 6.07) is 8.73. The third kappa shape index (κ3) is 3.89. The van der Waals surface area contributed by atoms with Gasteiger partial charge in [-0.3, -0.25) is 9.69 Å². The molecule has 26 heavy (non-hydrogen) atoms. The van der Waals surface area contributed by atoms with Crippen LogP contribution < -0.4 is 0 Å². The van der Waals surface area contributed by atoms with Crippen LogP contribution in [0, 0.1) is 19.7 Å². The lowest BCUT2D eigenvalue weighted by atomic mass is 10.1. The monoisotopic (exact) mass is 358 g/mol. The van der Waals surface area contributed by atoms with Crippen LogP contribution >= 0.6 is 0 Å². The number of morpholine rings is 1. The number of aryl methyl sites for hydroxylation is 1. The molecule has 1 atom stereocenters. The van der Waals surface area contributed by atoms with E-state index in [-0.39, 0.29) is 17.7 Å². The number of rotatable bonds is 5. The molecule has 0 unspecified atom stereocenters. The molecular weight excluding hydrogens is 331 g/mol. The first-order valence-corrected chi connectivity index (χ1v) is 9.18. The van der Waals surface area contributed by atoms with E-state index in [1.165, 1.54) is 12.1 Å². The first kappa shape index (κ1) is 18.8. The van der Waals surface area contributed by atoms with Gasteiger partial charge in [0.25, 0.3) is 0 Å². The SMILES string of the molecule is Cc1cc(C(=O)CN2CCO[C@H](c3ccc(F)cc3)C2)c(C)n1C(C)C. The van der Waals surface area contributed by atoms with E-state index in [2.05, 4.69) is 23.3 Å². The van der Waals surface area contributed by atoms with Gasteiger partial charge in [-0.15, -0.1) is 0 Å². The maximum absolute atomic E-state index is 13.1. The standard InChI is InChI=1S/C21H27FN2O2/c1-14(2)24-15(3)11-19(16(24)4)20(25)12-23-9-10-26-21(13-23)17-5-7-18(22)8-6-17/h5-8,11,14,21H,9-10,12-13H2,1-4H3/t21-/m0/s1. The van der Waals surface area contributed by atoms with Crippen molar-refractivity contribution in [3.05, 3.63) is 58.7 Å². The lowest BCUT2D eigenvalue weighted by Gasteiger charge is -2.32. The van der Waals surface area contributed by atoms with Gasteiger partial charge in [0, 0.05) is 36.1 Å². The highest BCUT2D eigenvalue weighted by Crippen LogP contribution is 2.24. The molecule has 1 aliphatic rings. The van der Waals surface area contributed by atoms with Crippen LogP contribution in [0.2, 0.25) is 0 Å². The number of carbonyl (C=O) groups is 1. The minimum absolute atomic E-state index is 0.125. The summed E-state index contributed by atoms with van der Waals surface area (Å²) in [5.74, 6) is -0.109. The Balaban J connectivity index is 1.69. The van der Waals surface area contributed by atoms with Gasteiger partial charge in [-0.05, 0) is 51.5 Å². The predicted octanol–water partition coefficient (Wildman–Crippen LogP) is 4.08. The van der Waals surface area contributed by atoms with Crippen LogP contribution in [0.5, 0.6) is 0 Å². The third-order valence-corrected chi connectivity index (χ3v) is 5.06. The third-order valence-electron chi connectivity index (χ3n) is 5.06. The molecule has 1 saturated heterocycles. The van der Waals surface area contributed by atoms with Crippen molar-refractivity contribution >= 4 is 5.78 Å². The maximum Gasteiger partial charge on any atom is 0.178 e. The molecule has 2 aromatic rings. The molecule has 140 valence electrons. The molecular formula is C21H27FN2O2. The van der Waals surface area contributed by atoms with Gasteiger partial charge in [-0.25, -0.2) is 4.39 Å². The summed E-state index contributed by atoms with van der Waals surface area (Å²) in [7, 11) is 0. The van der Waals surface area contributed by atoms with Crippen LogP contribution in [-0.2, 0) is 4.74 Å². The van der Waals surface area contributed by atoms with Crippen molar-refractivity contribution in [3.8, 4) is 0 Å². The normalized spacial score (nSPS) is 18.5. The fourth-order valence-corrected chi connectivity index (χ4v) is 3.87. The summed E-state index contributed by atoms with van der Waals surface area (Å²) >= 11 is 0. The van der Waals surface area contributed by atoms with E-state index in [9.17, 15) is 9.18 Å². The minimum Gasteiger partial charge on any atom is -0.371 e. The van der Waals surface area contributed by atoms with E-state index >= 15 is 0 Å². The average Bonchev–Trinajstić information content (AvgIpc) is 2.90. The molecule has 3 rings (SSSR count). The number of hydrogen-bond donors (Lipinski definition) is 0. The van der Waals surface area contributed by atoms with Crippen LogP contribution in [0.1, 0.15) is 53.3 Å². The van der Waals surface area contributed by atoms with Crippen molar-refractivity contribution in [2.45, 2.75) is 39.8 Å². The molecule has 1 aromatic carbocycles. The molecule has 0 saturated carbocycles. The summed E-state index contributed by atoms with van der Waals surface area (Å²) < 4.78 is 21.1. The largest absolute Gasteiger partial charge is 0.371 e. The summed E-state index contributed by atoms with van der Waals surface area (Å²) in [6.45, 7) is 10.6. The maximum atomic E-state index is 13.1. The zero-order chi connectivity index (χ0) is 18.8. The summed E-state index contributed by atoms with van der Waals surface area (Å²) in [6.07, 6.45) is -0.125. The number of Topliss-reactive ketones (excluding diaryl/α,β-unsaturated/α-hetero) is 1. The van der Waals surface area contributed by atoms with Gasteiger partial charge in [-0.2, -0.15) is 0 Å². The molecule has 0 N–H and O–H groups in total. The Labute approximate surface area is 154 Å². The molecule has 0 bridgehead atoms. The highest BCUT2D eigenvalue weighted by molar-refractivity contribution is 5.99. The Bertz CT molecular complexity index is 780. The fourth-order valence-electron chi connectivity index (χ4n) is 3.87. The van der Waals surface area contributed by atoms with Crippen molar-refractivity contribution < 1.29 is 13.9 Å². The van der Waals surface area contributed by atoms with Gasteiger partial charge >= 0.3 is 0 Å². The molecule has 0 spiro atoms. The van der Waals surface area contributed by atoms with E-state index in [0.29, 0.717) is 25.7 Å². The van der Waals surface area contributed by atoms with Gasteiger partial charge in [0.1, 0.15) is 5.82 Å². The van der Waals surface area contributed by atoms with Crippen molar-refractivity contribution in [2.75, 3.05) is 26.2 Å². The molecule has 4 nitrogen and oxygen atoms in total. The van der Waals surface area contributed by atoms with Crippen molar-refractivity contribution in [2.24, 2.45) is 0 Å². The number of carbonyl (C=O) groups excluding carboxylic acids is 1.